The molecule has 0 aromatic heterocycles. The van der Waals surface area contributed by atoms with Crippen LogP contribution in [0.3, 0.4) is 0 Å². The molecule has 8 heteroatoms. The van der Waals surface area contributed by atoms with Gasteiger partial charge in [-0.3, -0.25) is 9.69 Å². The maximum atomic E-state index is 12.6. The third kappa shape index (κ3) is 3.96. The largest absolute Gasteiger partial charge is 0.416 e. The lowest BCUT2D eigenvalue weighted by Crippen LogP contribution is -2.27. The van der Waals surface area contributed by atoms with Gasteiger partial charge in [0.25, 0.3) is 5.91 Å². The first-order valence-corrected chi connectivity index (χ1v) is 8.98. The number of anilines is 1. The zero-order chi connectivity index (χ0) is 18.2. The smallest absolute Gasteiger partial charge is 0.268 e. The number of amides is 1. The highest BCUT2D eigenvalue weighted by atomic mass is 79.9. The first-order valence-electron chi connectivity index (χ1n) is 6.96. The molecule has 1 aliphatic rings. The van der Waals surface area contributed by atoms with Crippen LogP contribution in [-0.4, -0.2) is 10.2 Å². The predicted molar refractivity (Wildman–Crippen MR) is 101 cm³/mol. The van der Waals surface area contributed by atoms with E-state index < -0.39 is 11.7 Å². The number of rotatable bonds is 2. The van der Waals surface area contributed by atoms with Crippen LogP contribution in [0.2, 0.25) is 0 Å². The standard InChI is InChI=1S/C17H9BrF3NOS2/c18-12-2-1-3-13(9-12)22-15(23)14(25-16(22)24)8-10-4-6-11(7-5-10)17(19,20)21/h1-9H/b14-8-. The minimum Gasteiger partial charge on any atom is -0.268 e. The number of halogens is 4. The molecule has 0 bridgehead atoms. The van der Waals surface area contributed by atoms with Gasteiger partial charge in [0.2, 0.25) is 0 Å². The van der Waals surface area contributed by atoms with Crippen LogP contribution in [0.4, 0.5) is 18.9 Å². The minimum atomic E-state index is -4.39. The van der Waals surface area contributed by atoms with E-state index >= 15 is 0 Å². The van der Waals surface area contributed by atoms with Crippen molar-refractivity contribution in [2.45, 2.75) is 6.18 Å². The third-order valence-corrected chi connectivity index (χ3v) is 5.19. The second kappa shape index (κ2) is 6.93. The van der Waals surface area contributed by atoms with Gasteiger partial charge in [-0.15, -0.1) is 0 Å². The van der Waals surface area contributed by atoms with Gasteiger partial charge in [0.15, 0.2) is 4.32 Å². The molecule has 0 spiro atoms. The number of benzene rings is 2. The van der Waals surface area contributed by atoms with Crippen molar-refractivity contribution in [1.82, 2.24) is 0 Å². The van der Waals surface area contributed by atoms with Gasteiger partial charge in [0, 0.05) is 4.47 Å². The topological polar surface area (TPSA) is 20.3 Å². The molecule has 1 fully saturated rings. The van der Waals surface area contributed by atoms with Crippen LogP contribution in [0.1, 0.15) is 11.1 Å². The van der Waals surface area contributed by atoms with Gasteiger partial charge in [0.1, 0.15) is 0 Å². The van der Waals surface area contributed by atoms with Crippen LogP contribution in [0.25, 0.3) is 6.08 Å². The van der Waals surface area contributed by atoms with Crippen molar-refractivity contribution < 1.29 is 18.0 Å². The van der Waals surface area contributed by atoms with Gasteiger partial charge in [-0.2, -0.15) is 13.2 Å². The van der Waals surface area contributed by atoms with Crippen molar-refractivity contribution in [3.8, 4) is 0 Å². The maximum absolute atomic E-state index is 12.6. The van der Waals surface area contributed by atoms with Gasteiger partial charge in [-0.25, -0.2) is 0 Å². The van der Waals surface area contributed by atoms with Crippen molar-refractivity contribution in [2.75, 3.05) is 4.90 Å². The molecule has 128 valence electrons. The summed E-state index contributed by atoms with van der Waals surface area (Å²) in [7, 11) is 0. The Morgan fingerprint density at radius 1 is 1.12 bits per heavy atom. The number of hydrogen-bond donors (Lipinski definition) is 0. The lowest BCUT2D eigenvalue weighted by atomic mass is 10.1. The Balaban J connectivity index is 1.88. The average molecular weight is 444 g/mol. The molecule has 2 aromatic carbocycles. The Hall–Kier alpha value is -1.64. The van der Waals surface area contributed by atoms with Crippen LogP contribution in [-0.2, 0) is 11.0 Å². The summed E-state index contributed by atoms with van der Waals surface area (Å²) < 4.78 is 39.0. The highest BCUT2D eigenvalue weighted by Crippen LogP contribution is 2.37. The van der Waals surface area contributed by atoms with Gasteiger partial charge in [0.05, 0.1) is 16.2 Å². The number of thioether (sulfide) groups is 1. The Bertz CT molecular complexity index is 878. The van der Waals surface area contributed by atoms with E-state index in [1.54, 1.807) is 18.2 Å². The van der Waals surface area contributed by atoms with Crippen LogP contribution in [0.5, 0.6) is 0 Å². The zero-order valence-electron chi connectivity index (χ0n) is 12.4. The summed E-state index contributed by atoms with van der Waals surface area (Å²) in [5, 5.41) is 0. The predicted octanol–water partition coefficient (Wildman–Crippen LogP) is 5.87. The summed E-state index contributed by atoms with van der Waals surface area (Å²) in [4.78, 5) is 14.4. The lowest BCUT2D eigenvalue weighted by Gasteiger charge is -2.14. The van der Waals surface area contributed by atoms with Crippen molar-refractivity contribution >= 4 is 61.9 Å². The second-order valence-corrected chi connectivity index (χ2v) is 7.71. The lowest BCUT2D eigenvalue weighted by molar-refractivity contribution is -0.137. The van der Waals surface area contributed by atoms with Crippen molar-refractivity contribution in [2.24, 2.45) is 0 Å². The summed E-state index contributed by atoms with van der Waals surface area (Å²) in [5.74, 6) is -0.298. The first-order chi connectivity index (χ1) is 11.8. The molecule has 0 aliphatic carbocycles. The molecule has 0 radical (unpaired) electrons. The van der Waals surface area contributed by atoms with Crippen molar-refractivity contribution in [3.05, 3.63) is 69.0 Å². The number of alkyl halides is 3. The van der Waals surface area contributed by atoms with Crippen LogP contribution < -0.4 is 4.90 Å². The molecule has 2 aromatic rings. The number of hydrogen-bond acceptors (Lipinski definition) is 3. The van der Waals surface area contributed by atoms with Gasteiger partial charge in [-0.05, 0) is 42.0 Å². The van der Waals surface area contributed by atoms with Crippen LogP contribution in [0, 0.1) is 0 Å². The van der Waals surface area contributed by atoms with Gasteiger partial charge >= 0.3 is 6.18 Å². The zero-order valence-corrected chi connectivity index (χ0v) is 15.6. The normalized spacial score (nSPS) is 16.8. The minimum absolute atomic E-state index is 0.298. The number of carbonyl (C=O) groups excluding carboxylic acids is 1. The summed E-state index contributed by atoms with van der Waals surface area (Å²) in [6.07, 6.45) is -2.85. The Morgan fingerprint density at radius 3 is 2.40 bits per heavy atom. The van der Waals surface area contributed by atoms with E-state index in [0.717, 1.165) is 28.4 Å². The molecular formula is C17H9BrF3NOS2. The van der Waals surface area contributed by atoms with E-state index in [2.05, 4.69) is 15.9 Å². The molecule has 0 atom stereocenters. The highest BCUT2D eigenvalue weighted by molar-refractivity contribution is 9.10. The molecule has 25 heavy (non-hydrogen) atoms. The molecular weight excluding hydrogens is 435 g/mol. The monoisotopic (exact) mass is 443 g/mol. The molecule has 0 unspecified atom stereocenters. The summed E-state index contributed by atoms with van der Waals surface area (Å²) in [5.41, 5.74) is 0.404. The Morgan fingerprint density at radius 2 is 1.80 bits per heavy atom. The van der Waals surface area contributed by atoms with E-state index in [0.29, 0.717) is 20.5 Å². The van der Waals surface area contributed by atoms with E-state index in [1.165, 1.54) is 23.1 Å². The van der Waals surface area contributed by atoms with E-state index in [9.17, 15) is 18.0 Å². The number of thiocarbonyl (C=S) groups is 1. The number of nitrogens with zero attached hydrogens (tertiary/aromatic N) is 1. The first kappa shape index (κ1) is 18.2. The summed E-state index contributed by atoms with van der Waals surface area (Å²) >= 11 is 9.73. The fraction of sp³-hybridized carbons (Fsp3) is 0.0588. The van der Waals surface area contributed by atoms with Gasteiger partial charge in [-0.1, -0.05) is 58.1 Å². The molecule has 0 saturated carbocycles. The maximum Gasteiger partial charge on any atom is 0.416 e. The van der Waals surface area contributed by atoms with E-state index in [4.69, 9.17) is 12.2 Å². The molecule has 2 nitrogen and oxygen atoms in total. The summed E-state index contributed by atoms with van der Waals surface area (Å²) in [6, 6.07) is 11.8. The average Bonchev–Trinajstić information content (AvgIpc) is 2.81. The molecule has 3 rings (SSSR count). The van der Waals surface area contributed by atoms with Crippen LogP contribution in [0.15, 0.2) is 57.9 Å². The van der Waals surface area contributed by atoms with Crippen molar-refractivity contribution in [1.29, 1.82) is 0 Å². The quantitative estimate of drug-likeness (QED) is 0.427. The van der Waals surface area contributed by atoms with Crippen LogP contribution >= 0.6 is 39.9 Å². The molecule has 1 saturated heterocycles. The second-order valence-electron chi connectivity index (χ2n) is 5.12. The molecule has 1 amide bonds. The number of carbonyl (C=O) groups is 1. The highest BCUT2D eigenvalue weighted by Gasteiger charge is 2.33. The fourth-order valence-electron chi connectivity index (χ4n) is 2.23. The third-order valence-electron chi connectivity index (χ3n) is 3.40. The van der Waals surface area contributed by atoms with Gasteiger partial charge < -0.3 is 0 Å². The van der Waals surface area contributed by atoms with Crippen molar-refractivity contribution in [3.63, 3.8) is 0 Å². The molecule has 1 aliphatic heterocycles. The van der Waals surface area contributed by atoms with E-state index in [1.807, 2.05) is 6.07 Å². The SMILES string of the molecule is O=C1/C(=C/c2ccc(C(F)(F)F)cc2)SC(=S)N1c1cccc(Br)c1. The molecule has 1 heterocycles. The fourth-order valence-corrected chi connectivity index (χ4v) is 3.91. The Labute approximate surface area is 159 Å². The molecule has 0 N–H and O–H groups in total. The Kier molecular flexibility index (Phi) is 5.04. The van der Waals surface area contributed by atoms with E-state index in [-0.39, 0.29) is 5.91 Å². The summed E-state index contributed by atoms with van der Waals surface area (Å²) in [6.45, 7) is 0.